The predicted molar refractivity (Wildman–Crippen MR) is 96.8 cm³/mol. The highest BCUT2D eigenvalue weighted by atomic mass is 35.5. The van der Waals surface area contributed by atoms with Gasteiger partial charge in [0.15, 0.2) is 0 Å². The Morgan fingerprint density at radius 1 is 0.955 bits per heavy atom. The normalized spacial score (nSPS) is 14.2. The number of anilines is 1. The van der Waals surface area contributed by atoms with Crippen molar-refractivity contribution in [2.45, 2.75) is 0 Å². The Labute approximate surface area is 144 Å². The molecule has 0 unspecified atom stereocenters. The fourth-order valence-corrected chi connectivity index (χ4v) is 2.84. The second-order valence-corrected chi connectivity index (χ2v) is 6.08. The molecule has 0 spiro atoms. The first-order valence-corrected chi connectivity index (χ1v) is 7.99. The zero-order valence-electron chi connectivity index (χ0n) is 11.6. The van der Waals surface area contributed by atoms with E-state index in [9.17, 15) is 0 Å². The van der Waals surface area contributed by atoms with E-state index in [0.29, 0.717) is 21.6 Å². The molecular formula is C17H13Cl3N2. The van der Waals surface area contributed by atoms with Crippen molar-refractivity contribution >= 4 is 52.3 Å². The molecule has 0 saturated carbocycles. The van der Waals surface area contributed by atoms with E-state index in [1.54, 1.807) is 6.07 Å². The lowest BCUT2D eigenvalue weighted by atomic mass is 10.1. The van der Waals surface area contributed by atoms with E-state index < -0.39 is 0 Å². The van der Waals surface area contributed by atoms with E-state index in [1.165, 1.54) is 0 Å². The molecule has 0 amide bonds. The number of hydrogen-bond donors (Lipinski definition) is 1. The molecule has 1 heterocycles. The van der Waals surface area contributed by atoms with Crippen LogP contribution in [0.15, 0.2) is 47.5 Å². The maximum atomic E-state index is 6.26. The topological polar surface area (TPSA) is 24.4 Å². The summed E-state index contributed by atoms with van der Waals surface area (Å²) in [5.74, 6) is 0. The Kier molecular flexibility index (Phi) is 4.72. The van der Waals surface area contributed by atoms with Crippen molar-refractivity contribution in [2.24, 2.45) is 4.99 Å². The van der Waals surface area contributed by atoms with Crippen LogP contribution in [-0.4, -0.2) is 18.8 Å². The Morgan fingerprint density at radius 3 is 2.64 bits per heavy atom. The lowest BCUT2D eigenvalue weighted by molar-refractivity contribution is 1.04. The van der Waals surface area contributed by atoms with Crippen molar-refractivity contribution in [3.63, 3.8) is 0 Å². The number of para-hydroxylation sites is 1. The van der Waals surface area contributed by atoms with Crippen molar-refractivity contribution < 1.29 is 0 Å². The van der Waals surface area contributed by atoms with Gasteiger partial charge < -0.3 is 5.32 Å². The first kappa shape index (κ1) is 15.4. The molecule has 0 fully saturated rings. The van der Waals surface area contributed by atoms with Crippen LogP contribution >= 0.6 is 34.8 Å². The van der Waals surface area contributed by atoms with Crippen molar-refractivity contribution in [2.75, 3.05) is 18.4 Å². The quantitative estimate of drug-likeness (QED) is 0.751. The molecule has 2 aromatic carbocycles. The maximum absolute atomic E-state index is 6.26. The molecule has 0 bridgehead atoms. The molecule has 22 heavy (non-hydrogen) atoms. The smallest absolute Gasteiger partial charge is 0.0668 e. The number of benzene rings is 2. The summed E-state index contributed by atoms with van der Waals surface area (Å²) in [7, 11) is 0. The van der Waals surface area contributed by atoms with E-state index in [4.69, 9.17) is 34.8 Å². The van der Waals surface area contributed by atoms with Crippen molar-refractivity contribution in [1.29, 1.82) is 0 Å². The van der Waals surface area contributed by atoms with Crippen LogP contribution in [0.5, 0.6) is 0 Å². The highest BCUT2D eigenvalue weighted by molar-refractivity contribution is 6.42. The van der Waals surface area contributed by atoms with Gasteiger partial charge in [0, 0.05) is 12.1 Å². The standard InChI is InChI=1S/C17H13Cl3N2/c18-13-6-4-11(10-15(13)20)5-7-16-12-2-1-3-14(19)17(12)22-9-8-21-16/h1-7,10,22H,8-9H2/b7-5+. The Hall–Kier alpha value is -1.48. The summed E-state index contributed by atoms with van der Waals surface area (Å²) in [6, 6.07) is 11.3. The van der Waals surface area contributed by atoms with Crippen molar-refractivity contribution in [3.05, 3.63) is 68.7 Å². The van der Waals surface area contributed by atoms with E-state index >= 15 is 0 Å². The third-order valence-electron chi connectivity index (χ3n) is 3.36. The summed E-state index contributed by atoms with van der Waals surface area (Å²) in [5.41, 5.74) is 3.80. The van der Waals surface area contributed by atoms with Crippen LogP contribution in [0.2, 0.25) is 15.1 Å². The fourth-order valence-electron chi connectivity index (χ4n) is 2.29. The number of halogens is 3. The maximum Gasteiger partial charge on any atom is 0.0668 e. The van der Waals surface area contributed by atoms with Crippen LogP contribution in [0.25, 0.3) is 6.08 Å². The number of nitrogens with one attached hydrogen (secondary N) is 1. The third-order valence-corrected chi connectivity index (χ3v) is 4.42. The SMILES string of the molecule is Clc1ccc(/C=C/C2=NCCNc3c(Cl)cccc32)cc1Cl. The van der Waals surface area contributed by atoms with Crippen LogP contribution in [0.1, 0.15) is 11.1 Å². The molecule has 2 aromatic rings. The molecule has 1 aliphatic rings. The van der Waals surface area contributed by atoms with Gasteiger partial charge in [0.05, 0.1) is 33.0 Å². The fraction of sp³-hybridized carbons (Fsp3) is 0.118. The molecule has 5 heteroatoms. The number of nitrogens with zero attached hydrogens (tertiary/aromatic N) is 1. The molecule has 0 radical (unpaired) electrons. The number of rotatable bonds is 2. The van der Waals surface area contributed by atoms with Crippen molar-refractivity contribution in [1.82, 2.24) is 0 Å². The minimum Gasteiger partial charge on any atom is -0.381 e. The summed E-state index contributed by atoms with van der Waals surface area (Å²) < 4.78 is 0. The van der Waals surface area contributed by atoms with E-state index in [0.717, 1.165) is 29.1 Å². The highest BCUT2D eigenvalue weighted by Crippen LogP contribution is 2.28. The summed E-state index contributed by atoms with van der Waals surface area (Å²) in [6.45, 7) is 1.47. The van der Waals surface area contributed by atoms with Crippen LogP contribution in [0.3, 0.4) is 0 Å². The van der Waals surface area contributed by atoms with Gasteiger partial charge in [-0.3, -0.25) is 4.99 Å². The molecule has 3 rings (SSSR count). The van der Waals surface area contributed by atoms with Crippen LogP contribution in [-0.2, 0) is 0 Å². The van der Waals surface area contributed by atoms with Gasteiger partial charge in [-0.1, -0.05) is 59.1 Å². The summed E-state index contributed by atoms with van der Waals surface area (Å²) >= 11 is 18.2. The van der Waals surface area contributed by atoms with Gasteiger partial charge in [-0.05, 0) is 29.8 Å². The molecular weight excluding hydrogens is 339 g/mol. The Morgan fingerprint density at radius 2 is 1.82 bits per heavy atom. The van der Waals surface area contributed by atoms with Gasteiger partial charge in [-0.2, -0.15) is 0 Å². The number of fused-ring (bicyclic) bond motifs is 1. The Bertz CT molecular complexity index is 766. The van der Waals surface area contributed by atoms with Crippen molar-refractivity contribution in [3.8, 4) is 0 Å². The van der Waals surface area contributed by atoms with Gasteiger partial charge in [-0.25, -0.2) is 0 Å². The van der Waals surface area contributed by atoms with Gasteiger partial charge >= 0.3 is 0 Å². The van der Waals surface area contributed by atoms with Crippen LogP contribution < -0.4 is 5.32 Å². The zero-order chi connectivity index (χ0) is 15.5. The largest absolute Gasteiger partial charge is 0.381 e. The van der Waals surface area contributed by atoms with Crippen LogP contribution in [0, 0.1) is 0 Å². The lowest BCUT2D eigenvalue weighted by Gasteiger charge is -2.09. The third kappa shape index (κ3) is 3.30. The van der Waals surface area contributed by atoms with Gasteiger partial charge in [0.1, 0.15) is 0 Å². The minimum atomic E-state index is 0.539. The molecule has 112 valence electrons. The zero-order valence-corrected chi connectivity index (χ0v) is 13.9. The van der Waals surface area contributed by atoms with E-state index in [-0.39, 0.29) is 0 Å². The van der Waals surface area contributed by atoms with Gasteiger partial charge in [0.2, 0.25) is 0 Å². The van der Waals surface area contributed by atoms with Gasteiger partial charge in [0.25, 0.3) is 0 Å². The summed E-state index contributed by atoms with van der Waals surface area (Å²) in [6.07, 6.45) is 3.94. The monoisotopic (exact) mass is 350 g/mol. The van der Waals surface area contributed by atoms with E-state index in [1.807, 2.05) is 42.5 Å². The molecule has 0 aliphatic carbocycles. The number of benzodiazepines with no additional fused rings is 1. The molecule has 0 atom stereocenters. The second kappa shape index (κ2) is 6.74. The minimum absolute atomic E-state index is 0.539. The number of allylic oxidation sites excluding steroid dienone is 1. The first-order valence-electron chi connectivity index (χ1n) is 6.85. The number of aliphatic imine (C=N–C) groups is 1. The van der Waals surface area contributed by atoms with Gasteiger partial charge in [-0.15, -0.1) is 0 Å². The molecule has 1 N–H and O–H groups in total. The second-order valence-electron chi connectivity index (χ2n) is 4.86. The number of hydrogen-bond acceptors (Lipinski definition) is 2. The van der Waals surface area contributed by atoms with E-state index in [2.05, 4.69) is 10.3 Å². The molecule has 0 aromatic heterocycles. The highest BCUT2D eigenvalue weighted by Gasteiger charge is 2.12. The van der Waals surface area contributed by atoms with Crippen LogP contribution in [0.4, 0.5) is 5.69 Å². The molecule has 1 aliphatic heterocycles. The average molecular weight is 352 g/mol. The average Bonchev–Trinajstić information content (AvgIpc) is 2.72. The Balaban J connectivity index is 1.95. The predicted octanol–water partition coefficient (Wildman–Crippen LogP) is 5.57. The molecule has 2 nitrogen and oxygen atoms in total. The summed E-state index contributed by atoms with van der Waals surface area (Å²) in [4.78, 5) is 4.61. The summed E-state index contributed by atoms with van der Waals surface area (Å²) in [5, 5.41) is 5.11. The first-order chi connectivity index (χ1) is 10.6. The molecule has 0 saturated heterocycles. The lowest BCUT2D eigenvalue weighted by Crippen LogP contribution is -2.04.